The number of furan rings is 2. The van der Waals surface area contributed by atoms with E-state index < -0.39 is 0 Å². The van der Waals surface area contributed by atoms with E-state index in [-0.39, 0.29) is 11.8 Å². The highest BCUT2D eigenvalue weighted by atomic mass is 16.4. The second-order valence-corrected chi connectivity index (χ2v) is 6.91. The second kappa shape index (κ2) is 7.38. The largest absolute Gasteiger partial charge is 0.459 e. The van der Waals surface area contributed by atoms with Crippen molar-refractivity contribution in [1.29, 1.82) is 0 Å². The molecule has 0 radical (unpaired) electrons. The number of carbonyl (C=O) groups excluding carboxylic acids is 2. The van der Waals surface area contributed by atoms with E-state index >= 15 is 0 Å². The van der Waals surface area contributed by atoms with Gasteiger partial charge in [0.05, 0.1) is 18.5 Å². The molecule has 146 valence electrons. The maximum absolute atomic E-state index is 12.7. The fourth-order valence-corrected chi connectivity index (χ4v) is 3.39. The van der Waals surface area contributed by atoms with Crippen molar-refractivity contribution in [2.24, 2.45) is 0 Å². The molecule has 28 heavy (non-hydrogen) atoms. The Morgan fingerprint density at radius 2 is 1.68 bits per heavy atom. The van der Waals surface area contributed by atoms with Crippen LogP contribution >= 0.6 is 0 Å². The molecular weight excluding hydrogens is 360 g/mol. The minimum absolute atomic E-state index is 0.151. The molecule has 4 heterocycles. The number of piperazine rings is 1. The van der Waals surface area contributed by atoms with E-state index in [4.69, 9.17) is 8.83 Å². The first kappa shape index (κ1) is 18.1. The van der Waals surface area contributed by atoms with Crippen LogP contribution in [0.2, 0.25) is 0 Å². The van der Waals surface area contributed by atoms with Gasteiger partial charge in [-0.15, -0.1) is 0 Å². The average molecular weight is 382 g/mol. The predicted molar refractivity (Wildman–Crippen MR) is 100 cm³/mol. The van der Waals surface area contributed by atoms with Gasteiger partial charge in [0, 0.05) is 31.9 Å². The molecule has 8 heteroatoms. The zero-order valence-corrected chi connectivity index (χ0v) is 15.9. The molecule has 0 aromatic carbocycles. The van der Waals surface area contributed by atoms with Gasteiger partial charge in [0.25, 0.3) is 11.8 Å². The van der Waals surface area contributed by atoms with Crippen LogP contribution in [0.3, 0.4) is 0 Å². The van der Waals surface area contributed by atoms with Crippen LogP contribution in [0.4, 0.5) is 0 Å². The van der Waals surface area contributed by atoms with Crippen molar-refractivity contribution in [3.05, 3.63) is 65.3 Å². The highest BCUT2D eigenvalue weighted by Gasteiger charge is 2.28. The first-order valence-electron chi connectivity index (χ1n) is 9.23. The van der Waals surface area contributed by atoms with E-state index in [1.807, 2.05) is 24.6 Å². The van der Waals surface area contributed by atoms with Gasteiger partial charge in [0.15, 0.2) is 11.5 Å². The molecule has 0 bridgehead atoms. The van der Waals surface area contributed by atoms with Gasteiger partial charge in [-0.1, -0.05) is 0 Å². The fourth-order valence-electron chi connectivity index (χ4n) is 3.39. The Balaban J connectivity index is 1.36. The molecule has 0 N–H and O–H groups in total. The number of nitrogens with zero attached hydrogens (tertiary/aromatic N) is 4. The molecule has 0 unspecified atom stereocenters. The Morgan fingerprint density at radius 1 is 1.00 bits per heavy atom. The monoisotopic (exact) mass is 382 g/mol. The van der Waals surface area contributed by atoms with Crippen molar-refractivity contribution in [3.63, 3.8) is 0 Å². The lowest BCUT2D eigenvalue weighted by Crippen LogP contribution is -2.50. The summed E-state index contributed by atoms with van der Waals surface area (Å²) in [4.78, 5) is 28.4. The molecule has 3 aromatic heterocycles. The summed E-state index contributed by atoms with van der Waals surface area (Å²) in [5.41, 5.74) is 1.99. The summed E-state index contributed by atoms with van der Waals surface area (Å²) in [7, 11) is 0. The molecule has 8 nitrogen and oxygen atoms in total. The van der Waals surface area contributed by atoms with Gasteiger partial charge in [-0.3, -0.25) is 14.3 Å². The average Bonchev–Trinajstić information content (AvgIpc) is 3.43. The van der Waals surface area contributed by atoms with Crippen LogP contribution in [0.1, 0.15) is 38.3 Å². The Labute approximate surface area is 162 Å². The standard InChI is InChI=1S/C20H22N4O4/c1-14-12-15(2)24(21-14)13-16-5-6-18(28-16)20(26)23-9-7-22(8-10-23)19(25)17-4-3-11-27-17/h3-6,11-12H,7-10,13H2,1-2H3. The van der Waals surface area contributed by atoms with Crippen molar-refractivity contribution >= 4 is 11.8 Å². The third-order valence-corrected chi connectivity index (χ3v) is 4.87. The summed E-state index contributed by atoms with van der Waals surface area (Å²) in [5, 5.41) is 4.41. The third-order valence-electron chi connectivity index (χ3n) is 4.87. The topological polar surface area (TPSA) is 84.7 Å². The highest BCUT2D eigenvalue weighted by Crippen LogP contribution is 2.16. The van der Waals surface area contributed by atoms with E-state index in [0.717, 1.165) is 11.4 Å². The molecule has 3 aromatic rings. The number of amides is 2. The Morgan fingerprint density at radius 3 is 2.25 bits per heavy atom. The Bertz CT molecular complexity index is 978. The fraction of sp³-hybridized carbons (Fsp3) is 0.350. The van der Waals surface area contributed by atoms with E-state index in [9.17, 15) is 9.59 Å². The van der Waals surface area contributed by atoms with Crippen molar-refractivity contribution in [1.82, 2.24) is 19.6 Å². The quantitative estimate of drug-likeness (QED) is 0.691. The summed E-state index contributed by atoms with van der Waals surface area (Å²) >= 11 is 0. The van der Waals surface area contributed by atoms with Crippen LogP contribution < -0.4 is 0 Å². The molecule has 1 aliphatic heterocycles. The SMILES string of the molecule is Cc1cc(C)n(Cc2ccc(C(=O)N3CCN(C(=O)c4ccco4)CC3)o2)n1. The molecule has 0 atom stereocenters. The lowest BCUT2D eigenvalue weighted by atomic mass is 10.2. The third kappa shape index (κ3) is 3.58. The number of carbonyl (C=O) groups is 2. The van der Waals surface area contributed by atoms with Gasteiger partial charge in [-0.2, -0.15) is 5.10 Å². The van der Waals surface area contributed by atoms with Crippen molar-refractivity contribution in [3.8, 4) is 0 Å². The summed E-state index contributed by atoms with van der Waals surface area (Å²) in [5.74, 6) is 0.995. The summed E-state index contributed by atoms with van der Waals surface area (Å²) in [6.45, 7) is 6.25. The van der Waals surface area contributed by atoms with Crippen LogP contribution in [-0.4, -0.2) is 57.6 Å². The molecule has 0 saturated carbocycles. The molecule has 0 spiro atoms. The molecule has 0 aliphatic carbocycles. The predicted octanol–water partition coefficient (Wildman–Crippen LogP) is 2.33. The summed E-state index contributed by atoms with van der Waals surface area (Å²) in [6.07, 6.45) is 1.48. The molecular formula is C20H22N4O4. The number of rotatable bonds is 4. The number of hydrogen-bond donors (Lipinski definition) is 0. The zero-order valence-electron chi connectivity index (χ0n) is 15.9. The maximum Gasteiger partial charge on any atom is 0.289 e. The van der Waals surface area contributed by atoms with E-state index in [0.29, 0.717) is 50.0 Å². The molecule has 2 amide bonds. The maximum atomic E-state index is 12.7. The van der Waals surface area contributed by atoms with Crippen LogP contribution in [0.15, 0.2) is 45.4 Å². The molecule has 4 rings (SSSR count). The minimum atomic E-state index is -0.162. The Kier molecular flexibility index (Phi) is 4.77. The van der Waals surface area contributed by atoms with Gasteiger partial charge < -0.3 is 18.6 Å². The molecule has 1 aliphatic rings. The molecule has 1 saturated heterocycles. The lowest BCUT2D eigenvalue weighted by molar-refractivity contribution is 0.0501. The van der Waals surface area contributed by atoms with Crippen LogP contribution in [-0.2, 0) is 6.54 Å². The lowest BCUT2D eigenvalue weighted by Gasteiger charge is -2.33. The normalized spacial score (nSPS) is 14.5. The van der Waals surface area contributed by atoms with Gasteiger partial charge in [-0.25, -0.2) is 0 Å². The van der Waals surface area contributed by atoms with Crippen molar-refractivity contribution in [2.75, 3.05) is 26.2 Å². The smallest absolute Gasteiger partial charge is 0.289 e. The molecule has 1 fully saturated rings. The van der Waals surface area contributed by atoms with Gasteiger partial charge in [-0.05, 0) is 44.2 Å². The number of hydrogen-bond acceptors (Lipinski definition) is 5. The summed E-state index contributed by atoms with van der Waals surface area (Å²) in [6, 6.07) is 8.84. The van der Waals surface area contributed by atoms with Gasteiger partial charge in [0.2, 0.25) is 0 Å². The second-order valence-electron chi connectivity index (χ2n) is 6.91. The first-order chi connectivity index (χ1) is 13.5. The first-order valence-corrected chi connectivity index (χ1v) is 9.23. The minimum Gasteiger partial charge on any atom is -0.459 e. The van der Waals surface area contributed by atoms with Crippen LogP contribution in [0.25, 0.3) is 0 Å². The zero-order chi connectivity index (χ0) is 19.7. The van der Waals surface area contributed by atoms with Crippen LogP contribution in [0, 0.1) is 13.8 Å². The summed E-state index contributed by atoms with van der Waals surface area (Å²) < 4.78 is 12.8. The van der Waals surface area contributed by atoms with E-state index in [2.05, 4.69) is 5.10 Å². The highest BCUT2D eigenvalue weighted by molar-refractivity contribution is 5.93. The van der Waals surface area contributed by atoms with Gasteiger partial charge in [0.1, 0.15) is 5.76 Å². The van der Waals surface area contributed by atoms with Gasteiger partial charge >= 0.3 is 0 Å². The van der Waals surface area contributed by atoms with Crippen molar-refractivity contribution < 1.29 is 18.4 Å². The Hall–Kier alpha value is -3.29. The number of aromatic nitrogens is 2. The van der Waals surface area contributed by atoms with Crippen molar-refractivity contribution in [2.45, 2.75) is 20.4 Å². The van der Waals surface area contributed by atoms with E-state index in [1.165, 1.54) is 6.26 Å². The van der Waals surface area contributed by atoms with Crippen LogP contribution in [0.5, 0.6) is 0 Å². The number of aryl methyl sites for hydroxylation is 2. The van der Waals surface area contributed by atoms with E-state index in [1.54, 1.807) is 34.1 Å².